The molecule has 0 aromatic heterocycles. The Morgan fingerprint density at radius 2 is 1.72 bits per heavy atom. The van der Waals surface area contributed by atoms with E-state index in [1.165, 1.54) is 37.7 Å². The van der Waals surface area contributed by atoms with Gasteiger partial charge in [0.05, 0.1) is 7.11 Å². The number of hydrogen-bond acceptors (Lipinski definition) is 3. The molecular formula is C21H32N2O2. The molecule has 0 radical (unpaired) electrons. The lowest BCUT2D eigenvalue weighted by Crippen LogP contribution is -2.48. The lowest BCUT2D eigenvalue weighted by molar-refractivity contribution is -0.133. The van der Waals surface area contributed by atoms with Gasteiger partial charge in [0.2, 0.25) is 5.91 Å². The van der Waals surface area contributed by atoms with E-state index in [1.807, 2.05) is 12.1 Å². The fourth-order valence-corrected chi connectivity index (χ4v) is 4.11. The van der Waals surface area contributed by atoms with Gasteiger partial charge in [0.1, 0.15) is 5.75 Å². The standard InChI is InChI=1S/C21H32N2O2/c1-25-20-10-7-19(8-11-20)17-22-13-15-23(16-14-22)21(24)12-9-18-5-3-2-4-6-18/h7-8,10-11,18H,2-6,9,12-17H2,1H3. The van der Waals surface area contributed by atoms with Gasteiger partial charge in [-0.05, 0) is 30.0 Å². The van der Waals surface area contributed by atoms with Crippen LogP contribution in [0.3, 0.4) is 0 Å². The van der Waals surface area contributed by atoms with E-state index in [0.29, 0.717) is 5.91 Å². The number of rotatable bonds is 6. The van der Waals surface area contributed by atoms with Gasteiger partial charge in [0.15, 0.2) is 0 Å². The Kier molecular flexibility index (Phi) is 6.74. The Labute approximate surface area is 152 Å². The number of benzene rings is 1. The van der Waals surface area contributed by atoms with Crippen LogP contribution in [-0.4, -0.2) is 49.0 Å². The Morgan fingerprint density at radius 1 is 1.04 bits per heavy atom. The highest BCUT2D eigenvalue weighted by Gasteiger charge is 2.22. The van der Waals surface area contributed by atoms with Crippen LogP contribution in [0.15, 0.2) is 24.3 Å². The van der Waals surface area contributed by atoms with Crippen LogP contribution in [0.2, 0.25) is 0 Å². The summed E-state index contributed by atoms with van der Waals surface area (Å²) in [6, 6.07) is 8.28. The van der Waals surface area contributed by atoms with Gasteiger partial charge < -0.3 is 9.64 Å². The summed E-state index contributed by atoms with van der Waals surface area (Å²) in [7, 11) is 1.69. The summed E-state index contributed by atoms with van der Waals surface area (Å²) in [5, 5.41) is 0. The Balaban J connectivity index is 1.37. The zero-order valence-corrected chi connectivity index (χ0v) is 15.6. The Bertz CT molecular complexity index is 529. The fraction of sp³-hybridized carbons (Fsp3) is 0.667. The van der Waals surface area contributed by atoms with E-state index in [1.54, 1.807) is 7.11 Å². The molecule has 1 aliphatic heterocycles. The second kappa shape index (κ2) is 9.23. The maximum Gasteiger partial charge on any atom is 0.222 e. The summed E-state index contributed by atoms with van der Waals surface area (Å²) in [5.74, 6) is 2.07. The molecule has 1 aromatic carbocycles. The second-order valence-corrected chi connectivity index (χ2v) is 7.55. The first-order valence-electron chi connectivity index (χ1n) is 9.87. The summed E-state index contributed by atoms with van der Waals surface area (Å²) in [6.07, 6.45) is 8.65. The van der Waals surface area contributed by atoms with Crippen LogP contribution in [0.25, 0.3) is 0 Å². The van der Waals surface area contributed by atoms with Crippen molar-refractivity contribution in [1.29, 1.82) is 0 Å². The second-order valence-electron chi connectivity index (χ2n) is 7.55. The molecule has 0 bridgehead atoms. The summed E-state index contributed by atoms with van der Waals surface area (Å²) in [5.41, 5.74) is 1.30. The summed E-state index contributed by atoms with van der Waals surface area (Å²) in [4.78, 5) is 17.0. The number of ether oxygens (including phenoxy) is 1. The van der Waals surface area contributed by atoms with Crippen molar-refractivity contribution in [2.45, 2.75) is 51.5 Å². The van der Waals surface area contributed by atoms with Gasteiger partial charge in [-0.2, -0.15) is 0 Å². The van der Waals surface area contributed by atoms with Crippen molar-refractivity contribution in [2.75, 3.05) is 33.3 Å². The molecule has 0 N–H and O–H groups in total. The third-order valence-corrected chi connectivity index (χ3v) is 5.78. The minimum absolute atomic E-state index is 0.370. The first-order valence-corrected chi connectivity index (χ1v) is 9.87. The SMILES string of the molecule is COc1ccc(CN2CCN(C(=O)CCC3CCCCC3)CC2)cc1. The van der Waals surface area contributed by atoms with Crippen molar-refractivity contribution in [3.05, 3.63) is 29.8 Å². The maximum atomic E-state index is 12.5. The summed E-state index contributed by atoms with van der Waals surface area (Å²) < 4.78 is 5.21. The first kappa shape index (κ1) is 18.2. The molecule has 1 aliphatic carbocycles. The molecule has 3 rings (SSSR count). The van der Waals surface area contributed by atoms with Crippen LogP contribution >= 0.6 is 0 Å². The van der Waals surface area contributed by atoms with Crippen molar-refractivity contribution < 1.29 is 9.53 Å². The normalized spacial score (nSPS) is 19.8. The lowest BCUT2D eigenvalue weighted by atomic mass is 9.86. The molecule has 25 heavy (non-hydrogen) atoms. The molecule has 1 amide bonds. The highest BCUT2D eigenvalue weighted by atomic mass is 16.5. The molecule has 2 fully saturated rings. The minimum Gasteiger partial charge on any atom is -0.497 e. The summed E-state index contributed by atoms with van der Waals surface area (Å²) in [6.45, 7) is 4.65. The predicted molar refractivity (Wildman–Crippen MR) is 101 cm³/mol. The van der Waals surface area contributed by atoms with Crippen molar-refractivity contribution in [3.63, 3.8) is 0 Å². The van der Waals surface area contributed by atoms with E-state index in [0.717, 1.165) is 57.2 Å². The van der Waals surface area contributed by atoms with Crippen LogP contribution in [0.5, 0.6) is 5.75 Å². The number of piperazine rings is 1. The van der Waals surface area contributed by atoms with E-state index in [4.69, 9.17) is 4.74 Å². The molecule has 0 atom stereocenters. The number of nitrogens with zero attached hydrogens (tertiary/aromatic N) is 2. The molecule has 2 aliphatic rings. The summed E-state index contributed by atoms with van der Waals surface area (Å²) >= 11 is 0. The van der Waals surface area contributed by atoms with Gasteiger partial charge in [0.25, 0.3) is 0 Å². The van der Waals surface area contributed by atoms with Crippen LogP contribution < -0.4 is 4.74 Å². The predicted octanol–water partition coefficient (Wildman–Crippen LogP) is 3.70. The van der Waals surface area contributed by atoms with Gasteiger partial charge >= 0.3 is 0 Å². The van der Waals surface area contributed by atoms with E-state index in [-0.39, 0.29) is 0 Å². The van der Waals surface area contributed by atoms with Gasteiger partial charge in [-0.15, -0.1) is 0 Å². The molecule has 138 valence electrons. The molecule has 1 heterocycles. The minimum atomic E-state index is 0.370. The van der Waals surface area contributed by atoms with Crippen molar-refractivity contribution in [1.82, 2.24) is 9.80 Å². The molecule has 0 spiro atoms. The zero-order chi connectivity index (χ0) is 17.5. The maximum absolute atomic E-state index is 12.5. The quantitative estimate of drug-likeness (QED) is 0.789. The van der Waals surface area contributed by atoms with Gasteiger partial charge in [-0.1, -0.05) is 44.2 Å². The van der Waals surface area contributed by atoms with E-state index in [2.05, 4.69) is 21.9 Å². The number of methoxy groups -OCH3 is 1. The number of hydrogen-bond donors (Lipinski definition) is 0. The zero-order valence-electron chi connectivity index (χ0n) is 15.6. The fourth-order valence-electron chi connectivity index (χ4n) is 4.11. The third-order valence-electron chi connectivity index (χ3n) is 5.78. The molecule has 1 aromatic rings. The van der Waals surface area contributed by atoms with Crippen molar-refractivity contribution in [3.8, 4) is 5.75 Å². The average molecular weight is 344 g/mol. The van der Waals surface area contributed by atoms with Crippen LogP contribution in [0.4, 0.5) is 0 Å². The van der Waals surface area contributed by atoms with Gasteiger partial charge in [-0.25, -0.2) is 0 Å². The lowest BCUT2D eigenvalue weighted by Gasteiger charge is -2.35. The van der Waals surface area contributed by atoms with Crippen LogP contribution in [0.1, 0.15) is 50.5 Å². The molecule has 0 unspecified atom stereocenters. The smallest absolute Gasteiger partial charge is 0.222 e. The molecule has 1 saturated heterocycles. The van der Waals surface area contributed by atoms with E-state index >= 15 is 0 Å². The average Bonchev–Trinajstić information content (AvgIpc) is 2.68. The van der Waals surface area contributed by atoms with Gasteiger partial charge in [0, 0.05) is 39.1 Å². The van der Waals surface area contributed by atoms with Gasteiger partial charge in [-0.3, -0.25) is 9.69 Å². The number of carbonyl (C=O) groups is 1. The number of carbonyl (C=O) groups excluding carboxylic acids is 1. The largest absolute Gasteiger partial charge is 0.497 e. The van der Waals surface area contributed by atoms with Crippen molar-refractivity contribution >= 4 is 5.91 Å². The topological polar surface area (TPSA) is 32.8 Å². The van der Waals surface area contributed by atoms with E-state index < -0.39 is 0 Å². The molecule has 4 nitrogen and oxygen atoms in total. The van der Waals surface area contributed by atoms with Crippen LogP contribution in [0, 0.1) is 5.92 Å². The molecule has 4 heteroatoms. The van der Waals surface area contributed by atoms with E-state index in [9.17, 15) is 4.79 Å². The third kappa shape index (κ3) is 5.46. The first-order chi connectivity index (χ1) is 12.2. The molecular weight excluding hydrogens is 312 g/mol. The Hall–Kier alpha value is -1.55. The monoisotopic (exact) mass is 344 g/mol. The highest BCUT2D eigenvalue weighted by molar-refractivity contribution is 5.76. The molecule has 1 saturated carbocycles. The van der Waals surface area contributed by atoms with Crippen LogP contribution in [-0.2, 0) is 11.3 Å². The Morgan fingerprint density at radius 3 is 2.36 bits per heavy atom. The number of amides is 1. The highest BCUT2D eigenvalue weighted by Crippen LogP contribution is 2.27. The van der Waals surface area contributed by atoms with Crippen molar-refractivity contribution in [2.24, 2.45) is 5.92 Å².